The number of nitrogens with one attached hydrogen (secondary N) is 1. The Morgan fingerprint density at radius 2 is 1.04 bits per heavy atom. The van der Waals surface area contributed by atoms with Crippen LogP contribution in [-0.2, 0) is 14.3 Å². The number of carbonyl (C=O) groups excluding carboxylic acids is 1. The van der Waals surface area contributed by atoms with Gasteiger partial charge in [-0.3, -0.25) is 4.79 Å². The second-order valence-electron chi connectivity index (χ2n) is 14.4. The molecule has 0 bridgehead atoms. The lowest BCUT2D eigenvalue weighted by Crippen LogP contribution is -2.60. The van der Waals surface area contributed by atoms with Crippen molar-refractivity contribution in [1.82, 2.24) is 5.32 Å². The molecule has 0 saturated carbocycles. The average Bonchev–Trinajstić information content (AvgIpc) is 3.08. The zero-order valence-electron chi connectivity index (χ0n) is 31.0. The molecule has 0 spiro atoms. The van der Waals surface area contributed by atoms with E-state index in [1.807, 2.05) is 0 Å². The molecular formula is C39H77NO8. The maximum atomic E-state index is 12.8. The van der Waals surface area contributed by atoms with Crippen LogP contribution in [0.1, 0.15) is 187 Å². The second kappa shape index (κ2) is 31.0. The molecule has 1 rings (SSSR count). The van der Waals surface area contributed by atoms with Gasteiger partial charge in [0, 0.05) is 6.42 Å². The van der Waals surface area contributed by atoms with E-state index in [9.17, 15) is 30.3 Å². The molecule has 7 unspecified atom stereocenters. The van der Waals surface area contributed by atoms with Crippen molar-refractivity contribution in [2.75, 3.05) is 13.2 Å². The van der Waals surface area contributed by atoms with Crippen molar-refractivity contribution >= 4 is 5.91 Å². The maximum Gasteiger partial charge on any atom is 0.220 e. The lowest BCUT2D eigenvalue weighted by atomic mass is 9.99. The Hall–Kier alpha value is -0.810. The van der Waals surface area contributed by atoms with Crippen LogP contribution in [0.25, 0.3) is 0 Å². The fourth-order valence-electron chi connectivity index (χ4n) is 6.63. The molecule has 1 amide bonds. The minimum absolute atomic E-state index is 0.133. The second-order valence-corrected chi connectivity index (χ2v) is 14.4. The minimum Gasteiger partial charge on any atom is -0.394 e. The predicted molar refractivity (Wildman–Crippen MR) is 194 cm³/mol. The van der Waals surface area contributed by atoms with E-state index in [1.165, 1.54) is 122 Å². The summed E-state index contributed by atoms with van der Waals surface area (Å²) in [6.45, 7) is 3.79. The SMILES string of the molecule is CCCCCCCCCCCCCCCCCCCC(O)C(COC1OC(CO)C(O)C(O)C1O)NC(=O)CCCCCCCCCC. The molecule has 7 atom stereocenters. The van der Waals surface area contributed by atoms with E-state index >= 15 is 0 Å². The molecule has 1 fully saturated rings. The van der Waals surface area contributed by atoms with Crippen LogP contribution in [-0.4, -0.2) is 87.5 Å². The van der Waals surface area contributed by atoms with Gasteiger partial charge in [0.25, 0.3) is 0 Å². The average molecular weight is 688 g/mol. The van der Waals surface area contributed by atoms with Gasteiger partial charge in [0.05, 0.1) is 25.4 Å². The molecule has 0 aromatic carbocycles. The van der Waals surface area contributed by atoms with Crippen LogP contribution in [0.5, 0.6) is 0 Å². The Kier molecular flexibility index (Phi) is 29.2. The van der Waals surface area contributed by atoms with Gasteiger partial charge in [0.1, 0.15) is 24.4 Å². The molecule has 1 heterocycles. The monoisotopic (exact) mass is 688 g/mol. The van der Waals surface area contributed by atoms with Crippen LogP contribution in [0, 0.1) is 0 Å². The molecule has 6 N–H and O–H groups in total. The molecule has 9 heteroatoms. The summed E-state index contributed by atoms with van der Waals surface area (Å²) in [5, 5.41) is 54.0. The third-order valence-electron chi connectivity index (χ3n) is 9.96. The number of ether oxygens (including phenoxy) is 2. The van der Waals surface area contributed by atoms with Crippen molar-refractivity contribution in [3.63, 3.8) is 0 Å². The summed E-state index contributed by atoms with van der Waals surface area (Å²) in [5.41, 5.74) is 0. The summed E-state index contributed by atoms with van der Waals surface area (Å²) in [7, 11) is 0. The van der Waals surface area contributed by atoms with Gasteiger partial charge < -0.3 is 40.3 Å². The number of aliphatic hydroxyl groups excluding tert-OH is 5. The van der Waals surface area contributed by atoms with Gasteiger partial charge in [0.2, 0.25) is 5.91 Å². The number of carbonyl (C=O) groups is 1. The normalized spacial score (nSPS) is 22.5. The van der Waals surface area contributed by atoms with Crippen LogP contribution in [0.3, 0.4) is 0 Å². The maximum absolute atomic E-state index is 12.8. The Bertz CT molecular complexity index is 726. The van der Waals surface area contributed by atoms with Crippen molar-refractivity contribution in [1.29, 1.82) is 0 Å². The topological polar surface area (TPSA) is 149 Å². The van der Waals surface area contributed by atoms with Gasteiger partial charge in [-0.05, 0) is 12.8 Å². The van der Waals surface area contributed by atoms with Gasteiger partial charge in [-0.25, -0.2) is 0 Å². The molecular weight excluding hydrogens is 610 g/mol. The fraction of sp³-hybridized carbons (Fsp3) is 0.974. The number of hydrogen-bond donors (Lipinski definition) is 6. The molecule has 9 nitrogen and oxygen atoms in total. The van der Waals surface area contributed by atoms with Crippen molar-refractivity contribution in [3.8, 4) is 0 Å². The molecule has 0 aromatic heterocycles. The standard InChI is InChI=1S/C39H77NO8/c1-3-5-7-9-11-13-14-15-16-17-18-19-20-21-22-24-26-28-33(42)32(40-35(43)29-27-25-23-12-10-8-6-4-2)31-47-39-38(46)37(45)36(44)34(30-41)48-39/h32-34,36-39,41-42,44-46H,3-31H2,1-2H3,(H,40,43). The summed E-state index contributed by atoms with van der Waals surface area (Å²) < 4.78 is 11.2. The molecule has 286 valence electrons. The first kappa shape index (κ1) is 45.2. The van der Waals surface area contributed by atoms with E-state index in [0.717, 1.165) is 38.5 Å². The van der Waals surface area contributed by atoms with Crippen LogP contribution in [0.15, 0.2) is 0 Å². The number of aliphatic hydroxyl groups is 5. The van der Waals surface area contributed by atoms with Crippen LogP contribution in [0.2, 0.25) is 0 Å². The molecule has 48 heavy (non-hydrogen) atoms. The highest BCUT2D eigenvalue weighted by atomic mass is 16.7. The van der Waals surface area contributed by atoms with Gasteiger partial charge >= 0.3 is 0 Å². The first-order chi connectivity index (χ1) is 23.3. The predicted octanol–water partition coefficient (Wildman–Crippen LogP) is 7.22. The lowest BCUT2D eigenvalue weighted by Gasteiger charge is -2.40. The van der Waals surface area contributed by atoms with Crippen molar-refractivity contribution in [2.45, 2.75) is 230 Å². The number of unbranched alkanes of at least 4 members (excludes halogenated alkanes) is 23. The molecule has 1 saturated heterocycles. The van der Waals surface area contributed by atoms with E-state index in [1.54, 1.807) is 0 Å². The molecule has 0 aliphatic carbocycles. The summed E-state index contributed by atoms with van der Waals surface area (Å²) in [5.74, 6) is -0.148. The summed E-state index contributed by atoms with van der Waals surface area (Å²) >= 11 is 0. The van der Waals surface area contributed by atoms with Crippen LogP contribution in [0.4, 0.5) is 0 Å². The van der Waals surface area contributed by atoms with E-state index in [4.69, 9.17) is 9.47 Å². The van der Waals surface area contributed by atoms with E-state index in [2.05, 4.69) is 19.2 Å². The zero-order valence-corrected chi connectivity index (χ0v) is 31.0. The largest absolute Gasteiger partial charge is 0.394 e. The van der Waals surface area contributed by atoms with Gasteiger partial charge in [-0.2, -0.15) is 0 Å². The van der Waals surface area contributed by atoms with Crippen molar-refractivity contribution < 1.29 is 39.8 Å². The highest BCUT2D eigenvalue weighted by Gasteiger charge is 2.44. The highest BCUT2D eigenvalue weighted by molar-refractivity contribution is 5.76. The Labute approximate surface area is 294 Å². The highest BCUT2D eigenvalue weighted by Crippen LogP contribution is 2.23. The number of hydrogen-bond acceptors (Lipinski definition) is 8. The van der Waals surface area contributed by atoms with Gasteiger partial charge in [0.15, 0.2) is 6.29 Å². The van der Waals surface area contributed by atoms with Crippen LogP contribution < -0.4 is 5.32 Å². The summed E-state index contributed by atoms with van der Waals surface area (Å²) in [4.78, 5) is 12.8. The molecule has 1 aliphatic rings. The summed E-state index contributed by atoms with van der Waals surface area (Å²) in [6, 6.07) is -0.708. The third-order valence-corrected chi connectivity index (χ3v) is 9.96. The molecule has 0 radical (unpaired) electrons. The van der Waals surface area contributed by atoms with Crippen LogP contribution >= 0.6 is 0 Å². The first-order valence-corrected chi connectivity index (χ1v) is 20.2. The summed E-state index contributed by atoms with van der Waals surface area (Å²) in [6.07, 6.45) is 24.1. The van der Waals surface area contributed by atoms with E-state index in [0.29, 0.717) is 12.8 Å². The zero-order chi connectivity index (χ0) is 35.2. The first-order valence-electron chi connectivity index (χ1n) is 20.2. The minimum atomic E-state index is -1.55. The van der Waals surface area contributed by atoms with Gasteiger partial charge in [-0.15, -0.1) is 0 Å². The Morgan fingerprint density at radius 1 is 0.625 bits per heavy atom. The van der Waals surface area contributed by atoms with E-state index in [-0.39, 0.29) is 12.5 Å². The fourth-order valence-corrected chi connectivity index (χ4v) is 6.63. The molecule has 0 aromatic rings. The lowest BCUT2D eigenvalue weighted by molar-refractivity contribution is -0.302. The van der Waals surface area contributed by atoms with Gasteiger partial charge in [-0.1, -0.05) is 168 Å². The number of rotatable bonds is 33. The van der Waals surface area contributed by atoms with Crippen molar-refractivity contribution in [3.05, 3.63) is 0 Å². The van der Waals surface area contributed by atoms with E-state index < -0.39 is 49.5 Å². The quantitative estimate of drug-likeness (QED) is 0.0396. The Balaban J connectivity index is 2.34. The smallest absolute Gasteiger partial charge is 0.220 e. The molecule has 1 aliphatic heterocycles. The number of amides is 1. The third kappa shape index (κ3) is 22.1. The van der Waals surface area contributed by atoms with Crippen molar-refractivity contribution in [2.24, 2.45) is 0 Å². The Morgan fingerprint density at radius 3 is 1.48 bits per heavy atom.